The molecule has 0 saturated carbocycles. The van der Waals surface area contributed by atoms with E-state index in [1.54, 1.807) is 0 Å². The first-order valence-electron chi connectivity index (χ1n) is 4.19. The van der Waals surface area contributed by atoms with E-state index in [1.807, 2.05) is 0 Å². The highest BCUT2D eigenvalue weighted by Crippen LogP contribution is 2.30. The molecule has 78 valence electrons. The zero-order chi connectivity index (χ0) is 10.6. The van der Waals surface area contributed by atoms with Gasteiger partial charge in [-0.25, -0.2) is 0 Å². The fourth-order valence-corrected chi connectivity index (χ4v) is 2.44. The average molecular weight is 450 g/mol. The van der Waals surface area contributed by atoms with Crippen molar-refractivity contribution in [3.05, 3.63) is 35.4 Å². The molecule has 0 aliphatic heterocycles. The van der Waals surface area contributed by atoms with Crippen LogP contribution in [0.5, 0.6) is 0 Å². The first kappa shape index (κ1) is 13.2. The number of hydrogen-bond acceptors (Lipinski definition) is 0. The van der Waals surface area contributed by atoms with Crippen molar-refractivity contribution >= 4 is 63.7 Å². The molecule has 0 spiro atoms. The second-order valence-corrected chi connectivity index (χ2v) is 6.42. The number of hydrogen-bond donors (Lipinski definition) is 0. The topological polar surface area (TPSA) is 0 Å². The molecule has 0 radical (unpaired) electrons. The summed E-state index contributed by atoms with van der Waals surface area (Å²) in [5, 5.41) is 1.86. The van der Waals surface area contributed by atoms with E-state index in [9.17, 15) is 0 Å². The molecule has 4 heteroatoms. The Hall–Kier alpha value is 1.14. The highest BCUT2D eigenvalue weighted by Gasteiger charge is 2.09. The van der Waals surface area contributed by atoms with Crippen molar-refractivity contribution in [2.45, 2.75) is 9.65 Å². The minimum Gasteiger partial charge on any atom is -0.0912 e. The molecule has 0 aromatic heterocycles. The third kappa shape index (κ3) is 3.62. The van der Waals surface area contributed by atoms with Crippen LogP contribution in [0.25, 0.3) is 0 Å². The molecule has 2 atom stereocenters. The van der Waals surface area contributed by atoms with Crippen molar-refractivity contribution in [1.29, 1.82) is 0 Å². The fourth-order valence-electron chi connectivity index (χ4n) is 1.13. The Morgan fingerprint density at radius 1 is 0.929 bits per heavy atom. The third-order valence-electron chi connectivity index (χ3n) is 1.91. The lowest BCUT2D eigenvalue weighted by molar-refractivity contribution is 1.10. The summed E-state index contributed by atoms with van der Waals surface area (Å²) in [6.45, 7) is 0. The van der Waals surface area contributed by atoms with E-state index in [0.717, 1.165) is 10.7 Å². The van der Waals surface area contributed by atoms with Crippen LogP contribution >= 0.6 is 63.7 Å². The van der Waals surface area contributed by atoms with Crippen molar-refractivity contribution in [1.82, 2.24) is 0 Å². The summed E-state index contributed by atoms with van der Waals surface area (Å²) in [6, 6.07) is 8.59. The van der Waals surface area contributed by atoms with Crippen molar-refractivity contribution in [3.8, 4) is 0 Å². The quantitative estimate of drug-likeness (QED) is 0.544. The van der Waals surface area contributed by atoms with Crippen LogP contribution in [0, 0.1) is 0 Å². The molecule has 0 N–H and O–H groups in total. The van der Waals surface area contributed by atoms with Gasteiger partial charge in [0.25, 0.3) is 0 Å². The van der Waals surface area contributed by atoms with Crippen LogP contribution < -0.4 is 0 Å². The number of benzene rings is 1. The lowest BCUT2D eigenvalue weighted by Gasteiger charge is -2.11. The van der Waals surface area contributed by atoms with Crippen LogP contribution in [-0.4, -0.2) is 10.7 Å². The molecule has 0 saturated heterocycles. The van der Waals surface area contributed by atoms with Gasteiger partial charge in [-0.3, -0.25) is 0 Å². The summed E-state index contributed by atoms with van der Waals surface area (Å²) in [6.07, 6.45) is 0. The lowest BCUT2D eigenvalue weighted by Crippen LogP contribution is -1.95. The van der Waals surface area contributed by atoms with E-state index >= 15 is 0 Å². The van der Waals surface area contributed by atoms with Gasteiger partial charge in [-0.15, -0.1) is 0 Å². The smallest absolute Gasteiger partial charge is 0.0492 e. The predicted octanol–water partition coefficient (Wildman–Crippen LogP) is 5.35. The Morgan fingerprint density at radius 2 is 1.36 bits per heavy atom. The maximum Gasteiger partial charge on any atom is 0.0492 e. The largest absolute Gasteiger partial charge is 0.0912 e. The summed E-state index contributed by atoms with van der Waals surface area (Å²) in [5.74, 6) is 0. The lowest BCUT2D eigenvalue weighted by atomic mass is 10.1. The predicted molar refractivity (Wildman–Crippen MR) is 77.4 cm³/mol. The fraction of sp³-hybridized carbons (Fsp3) is 0.400. The summed E-state index contributed by atoms with van der Waals surface area (Å²) in [7, 11) is 0. The van der Waals surface area contributed by atoms with Crippen LogP contribution in [0.3, 0.4) is 0 Å². The number of halogens is 4. The first-order valence-corrected chi connectivity index (χ1v) is 8.26. The normalized spacial score (nSPS) is 15.1. The van der Waals surface area contributed by atoms with Crippen molar-refractivity contribution in [2.75, 3.05) is 10.7 Å². The van der Waals surface area contributed by atoms with Crippen molar-refractivity contribution in [2.24, 2.45) is 0 Å². The summed E-state index contributed by atoms with van der Waals surface area (Å²) >= 11 is 14.2. The van der Waals surface area contributed by atoms with Gasteiger partial charge in [0.2, 0.25) is 0 Å². The van der Waals surface area contributed by atoms with E-state index in [4.69, 9.17) is 0 Å². The minimum absolute atomic E-state index is 0.387. The minimum atomic E-state index is 0.387. The van der Waals surface area contributed by atoms with Gasteiger partial charge in [-0.05, 0) is 11.1 Å². The highest BCUT2D eigenvalue weighted by atomic mass is 79.9. The van der Waals surface area contributed by atoms with Gasteiger partial charge in [0.05, 0.1) is 0 Å². The average Bonchev–Trinajstić information content (AvgIpc) is 2.27. The van der Waals surface area contributed by atoms with E-state index in [-0.39, 0.29) is 0 Å². The standard InChI is InChI=1S/C10H10Br4/c11-5-9(13)7-2-1-3-8(4-7)10(14)6-12/h1-4,9-10H,5-6H2/t9-,10+. The molecule has 14 heavy (non-hydrogen) atoms. The van der Waals surface area contributed by atoms with E-state index in [1.165, 1.54) is 11.1 Å². The van der Waals surface area contributed by atoms with Gasteiger partial charge in [-0.2, -0.15) is 0 Å². The molecule has 0 amide bonds. The molecule has 0 heterocycles. The monoisotopic (exact) mass is 446 g/mol. The molecule has 1 aromatic rings. The first-order chi connectivity index (χ1) is 6.69. The Balaban J connectivity index is 2.89. The number of rotatable bonds is 4. The maximum absolute atomic E-state index is 3.62. The van der Waals surface area contributed by atoms with Crippen LogP contribution in [0.4, 0.5) is 0 Å². The SMILES string of the molecule is BrC[C@@H](Br)c1cccc([C@@H](Br)CBr)c1. The van der Waals surface area contributed by atoms with Gasteiger partial charge in [0.15, 0.2) is 0 Å². The molecule has 0 nitrogen and oxygen atoms in total. The van der Waals surface area contributed by atoms with Gasteiger partial charge in [0, 0.05) is 20.3 Å². The van der Waals surface area contributed by atoms with Crippen LogP contribution in [0.15, 0.2) is 24.3 Å². The Morgan fingerprint density at radius 3 is 1.71 bits per heavy atom. The van der Waals surface area contributed by atoms with Crippen molar-refractivity contribution in [3.63, 3.8) is 0 Å². The molecule has 0 aliphatic carbocycles. The van der Waals surface area contributed by atoms with E-state index in [2.05, 4.69) is 88.0 Å². The second-order valence-electron chi connectivity index (χ2n) is 2.91. The van der Waals surface area contributed by atoms with Gasteiger partial charge in [-0.1, -0.05) is 88.0 Å². The van der Waals surface area contributed by atoms with Crippen LogP contribution in [0.2, 0.25) is 0 Å². The van der Waals surface area contributed by atoms with Crippen LogP contribution in [-0.2, 0) is 0 Å². The van der Waals surface area contributed by atoms with Gasteiger partial charge in [0.1, 0.15) is 0 Å². The van der Waals surface area contributed by atoms with Crippen molar-refractivity contribution < 1.29 is 0 Å². The molecule has 0 aliphatic rings. The van der Waals surface area contributed by atoms with Crippen LogP contribution in [0.1, 0.15) is 20.8 Å². The van der Waals surface area contributed by atoms with Gasteiger partial charge >= 0.3 is 0 Å². The van der Waals surface area contributed by atoms with Gasteiger partial charge < -0.3 is 0 Å². The molecular formula is C10H10Br4. The summed E-state index contributed by atoms with van der Waals surface area (Å²) in [4.78, 5) is 0.773. The highest BCUT2D eigenvalue weighted by molar-refractivity contribution is 9.12. The molecular weight excluding hydrogens is 440 g/mol. The Labute approximate surface area is 118 Å². The zero-order valence-electron chi connectivity index (χ0n) is 7.39. The summed E-state index contributed by atoms with van der Waals surface area (Å²) in [5.41, 5.74) is 2.62. The van der Waals surface area contributed by atoms with E-state index in [0.29, 0.717) is 9.65 Å². The van der Waals surface area contributed by atoms with E-state index < -0.39 is 0 Å². The number of alkyl halides is 4. The molecule has 1 rings (SSSR count). The summed E-state index contributed by atoms with van der Waals surface area (Å²) < 4.78 is 0. The molecule has 1 aromatic carbocycles. The second kappa shape index (κ2) is 6.66. The molecule has 0 bridgehead atoms. The molecule has 0 fully saturated rings. The Bertz CT molecular complexity index is 262. The third-order valence-corrected chi connectivity index (χ3v) is 6.64. The maximum atomic E-state index is 3.62. The Kier molecular flexibility index (Phi) is 6.29. The molecule has 0 unspecified atom stereocenters. The zero-order valence-corrected chi connectivity index (χ0v) is 13.7.